The Morgan fingerprint density at radius 1 is 1.00 bits per heavy atom. The number of hydrogen-bond acceptors (Lipinski definition) is 3. The van der Waals surface area contributed by atoms with Crippen LogP contribution in [0.5, 0.6) is 0 Å². The minimum absolute atomic E-state index is 0.00963. The zero-order chi connectivity index (χ0) is 12.5. The molecule has 0 aromatic heterocycles. The number of quaternary nitrogens is 1. The molecule has 2 N–H and O–H groups in total. The Hall–Kier alpha value is -2.17. The maximum Gasteiger partial charge on any atom is 0.164 e. The lowest BCUT2D eigenvalue weighted by Gasteiger charge is -2.24. The standard InChI is InChI=1S/C14H12N2O2/c17-15-13-11-8-4-5-9-12(11)16(18)14(13)10-6-2-1-3-7-10/h1-9,14,16-17H/b15-13-. The SMILES string of the molecule is [O-][NH+]1c2ccccc2/C(=N/O)C1c1ccccc1. The lowest BCUT2D eigenvalue weighted by molar-refractivity contribution is -0.795. The quantitative estimate of drug-likeness (QED) is 0.452. The van der Waals surface area contributed by atoms with E-state index in [1.54, 1.807) is 6.07 Å². The van der Waals surface area contributed by atoms with Crippen LogP contribution in [-0.2, 0) is 0 Å². The van der Waals surface area contributed by atoms with Gasteiger partial charge >= 0.3 is 0 Å². The molecule has 0 fully saturated rings. The average Bonchev–Trinajstić information content (AvgIpc) is 2.73. The fourth-order valence-corrected chi connectivity index (χ4v) is 2.42. The predicted octanol–water partition coefficient (Wildman–Crippen LogP) is 1.63. The fourth-order valence-electron chi connectivity index (χ4n) is 2.42. The van der Waals surface area contributed by atoms with E-state index in [0.717, 1.165) is 11.1 Å². The molecule has 1 heterocycles. The highest BCUT2D eigenvalue weighted by molar-refractivity contribution is 6.08. The van der Waals surface area contributed by atoms with Crippen molar-refractivity contribution in [1.82, 2.24) is 0 Å². The van der Waals surface area contributed by atoms with E-state index in [0.29, 0.717) is 11.4 Å². The summed E-state index contributed by atoms with van der Waals surface area (Å²) in [5, 5.41) is 24.9. The Morgan fingerprint density at radius 2 is 1.67 bits per heavy atom. The van der Waals surface area contributed by atoms with Crippen molar-refractivity contribution in [2.24, 2.45) is 5.16 Å². The fraction of sp³-hybridized carbons (Fsp3) is 0.0714. The first-order valence-electron chi connectivity index (χ1n) is 5.73. The Labute approximate surface area is 104 Å². The second kappa shape index (κ2) is 4.25. The van der Waals surface area contributed by atoms with Crippen molar-refractivity contribution >= 4 is 11.4 Å². The molecule has 0 saturated heterocycles. The van der Waals surface area contributed by atoms with Gasteiger partial charge in [0.25, 0.3) is 0 Å². The van der Waals surface area contributed by atoms with Crippen molar-refractivity contribution in [2.75, 3.05) is 0 Å². The number of fused-ring (bicyclic) bond motifs is 1. The van der Waals surface area contributed by atoms with E-state index in [1.165, 1.54) is 0 Å². The number of hydrogen-bond donors (Lipinski definition) is 2. The van der Waals surface area contributed by atoms with Crippen LogP contribution in [0.2, 0.25) is 0 Å². The van der Waals surface area contributed by atoms with Gasteiger partial charge in [0, 0.05) is 11.6 Å². The average molecular weight is 240 g/mol. The van der Waals surface area contributed by atoms with E-state index in [9.17, 15) is 10.4 Å². The van der Waals surface area contributed by atoms with Crippen LogP contribution in [-0.4, -0.2) is 10.9 Å². The second-order valence-electron chi connectivity index (χ2n) is 4.24. The highest BCUT2D eigenvalue weighted by Crippen LogP contribution is 2.27. The topological polar surface area (TPSA) is 60.1 Å². The van der Waals surface area contributed by atoms with E-state index in [4.69, 9.17) is 0 Å². The number of nitrogens with zero attached hydrogens (tertiary/aromatic N) is 1. The van der Waals surface area contributed by atoms with E-state index in [-0.39, 0.29) is 5.06 Å². The van der Waals surface area contributed by atoms with Gasteiger partial charge in [-0.2, -0.15) is 0 Å². The minimum Gasteiger partial charge on any atom is -0.628 e. The molecule has 4 nitrogen and oxygen atoms in total. The molecule has 0 amide bonds. The van der Waals surface area contributed by atoms with E-state index in [1.807, 2.05) is 48.5 Å². The zero-order valence-corrected chi connectivity index (χ0v) is 9.58. The lowest BCUT2D eigenvalue weighted by atomic mass is 10.0. The van der Waals surface area contributed by atoms with Gasteiger partial charge < -0.3 is 15.5 Å². The summed E-state index contributed by atoms with van der Waals surface area (Å²) in [6.45, 7) is 0. The van der Waals surface area contributed by atoms with Crippen LogP contribution in [0.3, 0.4) is 0 Å². The molecule has 2 unspecified atom stereocenters. The van der Waals surface area contributed by atoms with Gasteiger partial charge in [0.2, 0.25) is 0 Å². The zero-order valence-electron chi connectivity index (χ0n) is 9.58. The smallest absolute Gasteiger partial charge is 0.164 e. The van der Waals surface area contributed by atoms with Crippen LogP contribution in [0.1, 0.15) is 17.2 Å². The van der Waals surface area contributed by atoms with Crippen molar-refractivity contribution in [3.05, 3.63) is 70.9 Å². The molecule has 4 heteroatoms. The monoisotopic (exact) mass is 240 g/mol. The first-order valence-corrected chi connectivity index (χ1v) is 5.73. The van der Waals surface area contributed by atoms with Crippen molar-refractivity contribution in [2.45, 2.75) is 6.04 Å². The number of nitrogens with one attached hydrogen (secondary N) is 1. The number of hydroxylamine groups is 1. The molecular formula is C14H12N2O2. The van der Waals surface area contributed by atoms with Crippen LogP contribution in [0.25, 0.3) is 0 Å². The summed E-state index contributed by atoms with van der Waals surface area (Å²) in [5.41, 5.74) is 2.63. The summed E-state index contributed by atoms with van der Waals surface area (Å²) in [7, 11) is 0. The number of para-hydroxylation sites is 1. The van der Waals surface area contributed by atoms with Crippen LogP contribution >= 0.6 is 0 Å². The molecule has 1 aliphatic rings. The van der Waals surface area contributed by atoms with E-state index >= 15 is 0 Å². The maximum atomic E-state index is 12.4. The maximum absolute atomic E-state index is 12.4. The predicted molar refractivity (Wildman–Crippen MR) is 67.9 cm³/mol. The first kappa shape index (κ1) is 11.0. The molecule has 2 aromatic rings. The van der Waals surface area contributed by atoms with Crippen LogP contribution in [0.4, 0.5) is 5.69 Å². The molecule has 0 bridgehead atoms. The lowest BCUT2D eigenvalue weighted by Crippen LogP contribution is -3.01. The normalized spacial score (nSPS) is 24.2. The summed E-state index contributed by atoms with van der Waals surface area (Å²) in [6, 6.07) is 16.1. The summed E-state index contributed by atoms with van der Waals surface area (Å²) in [6.07, 6.45) is 0. The van der Waals surface area contributed by atoms with Crippen LogP contribution < -0.4 is 5.06 Å². The van der Waals surface area contributed by atoms with E-state index < -0.39 is 6.04 Å². The van der Waals surface area contributed by atoms with Gasteiger partial charge in [-0.15, -0.1) is 0 Å². The van der Waals surface area contributed by atoms with Gasteiger partial charge in [-0.1, -0.05) is 47.6 Å². The number of benzene rings is 2. The van der Waals surface area contributed by atoms with Crippen molar-refractivity contribution in [1.29, 1.82) is 0 Å². The second-order valence-corrected chi connectivity index (χ2v) is 4.24. The van der Waals surface area contributed by atoms with Gasteiger partial charge in [-0.25, -0.2) is 0 Å². The number of rotatable bonds is 1. The molecule has 2 atom stereocenters. The van der Waals surface area contributed by atoms with Crippen LogP contribution in [0.15, 0.2) is 59.8 Å². The van der Waals surface area contributed by atoms with Gasteiger partial charge in [-0.3, -0.25) is 0 Å². The minimum atomic E-state index is -0.492. The molecule has 2 aromatic carbocycles. The van der Waals surface area contributed by atoms with E-state index in [2.05, 4.69) is 5.16 Å². The van der Waals surface area contributed by atoms with Gasteiger partial charge in [0.15, 0.2) is 11.8 Å². The number of oxime groups is 1. The third-order valence-corrected chi connectivity index (χ3v) is 3.24. The summed E-state index contributed by atoms with van der Waals surface area (Å²) in [4.78, 5) is 0. The molecule has 0 radical (unpaired) electrons. The van der Waals surface area contributed by atoms with Crippen molar-refractivity contribution in [3.8, 4) is 0 Å². The summed E-state index contributed by atoms with van der Waals surface area (Å²) >= 11 is 0. The highest BCUT2D eigenvalue weighted by Gasteiger charge is 2.37. The molecule has 90 valence electrons. The van der Waals surface area contributed by atoms with Crippen molar-refractivity contribution in [3.63, 3.8) is 0 Å². The first-order chi connectivity index (χ1) is 8.83. The third kappa shape index (κ3) is 1.51. The molecule has 1 aliphatic heterocycles. The third-order valence-electron chi connectivity index (χ3n) is 3.24. The molecular weight excluding hydrogens is 228 g/mol. The van der Waals surface area contributed by atoms with Crippen molar-refractivity contribution < 1.29 is 10.3 Å². The molecule has 18 heavy (non-hydrogen) atoms. The molecule has 3 rings (SSSR count). The van der Waals surface area contributed by atoms with Gasteiger partial charge in [0.1, 0.15) is 5.69 Å². The Kier molecular flexibility index (Phi) is 2.59. The molecule has 0 aliphatic carbocycles. The largest absolute Gasteiger partial charge is 0.628 e. The highest BCUT2D eigenvalue weighted by atomic mass is 16.5. The Balaban J connectivity index is 2.14. The van der Waals surface area contributed by atoms with Gasteiger partial charge in [0.05, 0.1) is 5.56 Å². The molecule has 0 spiro atoms. The summed E-state index contributed by atoms with van der Waals surface area (Å²) < 4.78 is 0. The van der Waals surface area contributed by atoms with Gasteiger partial charge in [-0.05, 0) is 6.07 Å². The summed E-state index contributed by atoms with van der Waals surface area (Å²) in [5.74, 6) is 0. The molecule has 0 saturated carbocycles. The van der Waals surface area contributed by atoms with Crippen LogP contribution in [0, 0.1) is 5.21 Å². The Morgan fingerprint density at radius 3 is 2.39 bits per heavy atom. The Bertz CT molecular complexity index is 596.